The van der Waals surface area contributed by atoms with E-state index >= 15 is 0 Å². The lowest BCUT2D eigenvalue weighted by Gasteiger charge is -2.25. The first-order valence-electron chi connectivity index (χ1n) is 9.27. The van der Waals surface area contributed by atoms with Crippen molar-refractivity contribution in [1.29, 1.82) is 0 Å². The van der Waals surface area contributed by atoms with Gasteiger partial charge in [0, 0.05) is 20.2 Å². The van der Waals surface area contributed by atoms with E-state index in [4.69, 9.17) is 9.47 Å². The Kier molecular flexibility index (Phi) is 5.23. The number of hydrogen-bond acceptors (Lipinski definition) is 4. The highest BCUT2D eigenvalue weighted by atomic mass is 16.6. The summed E-state index contributed by atoms with van der Waals surface area (Å²) in [7, 11) is 1.76. The molecular formula is C20H29N3O3. The second-order valence-electron chi connectivity index (χ2n) is 8.03. The Labute approximate surface area is 155 Å². The second-order valence-corrected chi connectivity index (χ2v) is 8.03. The summed E-state index contributed by atoms with van der Waals surface area (Å²) in [5, 5.41) is 0. The molecule has 6 nitrogen and oxygen atoms in total. The third-order valence-corrected chi connectivity index (χ3v) is 4.69. The van der Waals surface area contributed by atoms with Crippen LogP contribution >= 0.6 is 0 Å². The topological polar surface area (TPSA) is 56.6 Å². The molecule has 1 fully saturated rings. The largest absolute Gasteiger partial charge is 0.444 e. The SMILES string of the molecule is Cc1c(CN(C)C(=O)OC(C)(C)C)ccc2c1ncn2C1CCCCO1. The molecule has 0 bridgehead atoms. The number of benzene rings is 1. The highest BCUT2D eigenvalue weighted by Crippen LogP contribution is 2.29. The van der Waals surface area contributed by atoms with Crippen LogP contribution in [0.5, 0.6) is 0 Å². The number of carbonyl (C=O) groups excluding carboxylic acids is 1. The monoisotopic (exact) mass is 359 g/mol. The molecule has 1 atom stereocenters. The highest BCUT2D eigenvalue weighted by molar-refractivity contribution is 5.80. The lowest BCUT2D eigenvalue weighted by Crippen LogP contribution is -2.34. The third kappa shape index (κ3) is 4.01. The number of imidazole rings is 1. The summed E-state index contributed by atoms with van der Waals surface area (Å²) in [5.41, 5.74) is 3.71. The first-order chi connectivity index (χ1) is 12.3. The zero-order valence-corrected chi connectivity index (χ0v) is 16.4. The van der Waals surface area contributed by atoms with Gasteiger partial charge in [-0.2, -0.15) is 0 Å². The molecule has 6 heteroatoms. The number of nitrogens with zero attached hydrogens (tertiary/aromatic N) is 3. The van der Waals surface area contributed by atoms with Crippen LogP contribution in [0.3, 0.4) is 0 Å². The number of fused-ring (bicyclic) bond motifs is 1. The van der Waals surface area contributed by atoms with Gasteiger partial charge in [-0.15, -0.1) is 0 Å². The van der Waals surface area contributed by atoms with Gasteiger partial charge in [0.1, 0.15) is 11.8 Å². The van der Waals surface area contributed by atoms with Crippen LogP contribution in [0.2, 0.25) is 0 Å². The maximum Gasteiger partial charge on any atom is 0.410 e. The minimum Gasteiger partial charge on any atom is -0.444 e. The van der Waals surface area contributed by atoms with Gasteiger partial charge in [-0.05, 0) is 64.2 Å². The van der Waals surface area contributed by atoms with Gasteiger partial charge in [0.25, 0.3) is 0 Å². The number of ether oxygens (including phenoxy) is 2. The van der Waals surface area contributed by atoms with Gasteiger partial charge in [0.2, 0.25) is 0 Å². The van der Waals surface area contributed by atoms with Gasteiger partial charge >= 0.3 is 6.09 Å². The molecule has 0 radical (unpaired) electrons. The molecule has 1 amide bonds. The predicted molar refractivity (Wildman–Crippen MR) is 101 cm³/mol. The summed E-state index contributed by atoms with van der Waals surface area (Å²) in [5.74, 6) is 0. The summed E-state index contributed by atoms with van der Waals surface area (Å²) in [6.45, 7) is 8.97. The van der Waals surface area contributed by atoms with E-state index in [-0.39, 0.29) is 12.3 Å². The van der Waals surface area contributed by atoms with Gasteiger partial charge in [-0.1, -0.05) is 6.07 Å². The van der Waals surface area contributed by atoms with E-state index in [1.54, 1.807) is 11.9 Å². The van der Waals surface area contributed by atoms with Crippen LogP contribution in [0.15, 0.2) is 18.5 Å². The van der Waals surface area contributed by atoms with Crippen molar-refractivity contribution in [3.05, 3.63) is 29.6 Å². The Morgan fingerprint density at radius 3 is 2.81 bits per heavy atom. The molecule has 1 aliphatic rings. The fourth-order valence-electron chi connectivity index (χ4n) is 3.28. The van der Waals surface area contributed by atoms with E-state index in [2.05, 4.69) is 28.6 Å². The fourth-order valence-corrected chi connectivity index (χ4v) is 3.28. The first-order valence-corrected chi connectivity index (χ1v) is 9.27. The van der Waals surface area contributed by atoms with Crippen molar-refractivity contribution < 1.29 is 14.3 Å². The van der Waals surface area contributed by atoms with Gasteiger partial charge in [-0.25, -0.2) is 9.78 Å². The van der Waals surface area contributed by atoms with Crippen LogP contribution in [-0.2, 0) is 16.0 Å². The normalized spacial score (nSPS) is 18.1. The van der Waals surface area contributed by atoms with E-state index in [9.17, 15) is 4.79 Å². The molecule has 2 heterocycles. The number of rotatable bonds is 3. The van der Waals surface area contributed by atoms with Crippen molar-refractivity contribution in [3.8, 4) is 0 Å². The average molecular weight is 359 g/mol. The highest BCUT2D eigenvalue weighted by Gasteiger charge is 2.22. The van der Waals surface area contributed by atoms with Crippen LogP contribution in [0.4, 0.5) is 4.79 Å². The van der Waals surface area contributed by atoms with E-state index in [1.807, 2.05) is 27.1 Å². The van der Waals surface area contributed by atoms with Gasteiger partial charge in [0.05, 0.1) is 17.4 Å². The Bertz CT molecular complexity index is 785. The van der Waals surface area contributed by atoms with Crippen LogP contribution in [-0.4, -0.2) is 39.8 Å². The lowest BCUT2D eigenvalue weighted by molar-refractivity contribution is -0.0295. The minimum atomic E-state index is -0.497. The van der Waals surface area contributed by atoms with Gasteiger partial charge in [-0.3, -0.25) is 0 Å². The molecule has 26 heavy (non-hydrogen) atoms. The molecule has 1 saturated heterocycles. The summed E-state index contributed by atoms with van der Waals surface area (Å²) >= 11 is 0. The molecule has 0 spiro atoms. The van der Waals surface area contributed by atoms with E-state index in [0.717, 1.165) is 41.6 Å². The van der Waals surface area contributed by atoms with E-state index in [0.29, 0.717) is 6.54 Å². The quantitative estimate of drug-likeness (QED) is 0.814. The van der Waals surface area contributed by atoms with E-state index in [1.165, 1.54) is 6.42 Å². The number of carbonyl (C=O) groups is 1. The second kappa shape index (κ2) is 7.27. The molecule has 0 N–H and O–H groups in total. The Morgan fingerprint density at radius 2 is 2.15 bits per heavy atom. The molecule has 0 saturated carbocycles. The first kappa shape index (κ1) is 18.7. The number of hydrogen-bond donors (Lipinski definition) is 0. The Hall–Kier alpha value is -2.08. The van der Waals surface area contributed by atoms with Crippen molar-refractivity contribution in [2.24, 2.45) is 0 Å². The maximum atomic E-state index is 12.2. The molecule has 1 aromatic heterocycles. The standard InChI is InChI=1S/C20H29N3O3/c1-14-15(12-22(5)19(24)26-20(2,3)4)9-10-16-18(14)21-13-23(16)17-8-6-7-11-25-17/h9-10,13,17H,6-8,11-12H2,1-5H3. The number of aromatic nitrogens is 2. The zero-order valence-electron chi connectivity index (χ0n) is 16.4. The minimum absolute atomic E-state index is 0.0726. The molecule has 1 aromatic carbocycles. The fraction of sp³-hybridized carbons (Fsp3) is 0.600. The summed E-state index contributed by atoms with van der Waals surface area (Å²) in [6, 6.07) is 4.14. The van der Waals surface area contributed by atoms with Crippen LogP contribution in [0, 0.1) is 6.92 Å². The number of amides is 1. The molecule has 3 rings (SSSR count). The van der Waals surface area contributed by atoms with Crippen molar-refractivity contribution in [1.82, 2.24) is 14.5 Å². The van der Waals surface area contributed by atoms with Crippen molar-refractivity contribution in [2.75, 3.05) is 13.7 Å². The van der Waals surface area contributed by atoms with Crippen molar-refractivity contribution in [2.45, 2.75) is 65.3 Å². The molecule has 142 valence electrons. The van der Waals surface area contributed by atoms with Crippen LogP contribution in [0.1, 0.15) is 57.4 Å². The Morgan fingerprint density at radius 1 is 1.38 bits per heavy atom. The third-order valence-electron chi connectivity index (χ3n) is 4.69. The number of aryl methyl sites for hydroxylation is 1. The summed E-state index contributed by atoms with van der Waals surface area (Å²) in [4.78, 5) is 18.4. The molecule has 1 aliphatic heterocycles. The maximum absolute atomic E-state index is 12.2. The predicted octanol–water partition coefficient (Wildman–Crippen LogP) is 4.41. The van der Waals surface area contributed by atoms with Gasteiger partial charge < -0.3 is 18.9 Å². The van der Waals surface area contributed by atoms with E-state index < -0.39 is 5.60 Å². The summed E-state index contributed by atoms with van der Waals surface area (Å²) in [6.07, 6.45) is 4.95. The van der Waals surface area contributed by atoms with Crippen molar-refractivity contribution >= 4 is 17.1 Å². The van der Waals surface area contributed by atoms with Gasteiger partial charge in [0.15, 0.2) is 0 Å². The smallest absolute Gasteiger partial charge is 0.410 e. The molecule has 2 aromatic rings. The average Bonchev–Trinajstić information content (AvgIpc) is 3.01. The molecule has 1 unspecified atom stereocenters. The van der Waals surface area contributed by atoms with Crippen LogP contribution < -0.4 is 0 Å². The lowest BCUT2D eigenvalue weighted by atomic mass is 10.1. The van der Waals surface area contributed by atoms with Crippen molar-refractivity contribution in [3.63, 3.8) is 0 Å². The summed E-state index contributed by atoms with van der Waals surface area (Å²) < 4.78 is 13.5. The molecular weight excluding hydrogens is 330 g/mol. The molecule has 0 aliphatic carbocycles. The van der Waals surface area contributed by atoms with Crippen LogP contribution in [0.25, 0.3) is 11.0 Å². The Balaban J connectivity index is 1.80. The zero-order chi connectivity index (χ0) is 18.9.